The Kier molecular flexibility index (Phi) is 21.4. The van der Waals surface area contributed by atoms with Crippen LogP contribution in [0.4, 0.5) is 0 Å². The summed E-state index contributed by atoms with van der Waals surface area (Å²) in [6, 6.07) is 15.9. The smallest absolute Gasteiger partial charge is 0.226 e. The second kappa shape index (κ2) is 27.3. The summed E-state index contributed by atoms with van der Waals surface area (Å²) >= 11 is 0. The van der Waals surface area contributed by atoms with E-state index in [2.05, 4.69) is 17.6 Å². The Labute approximate surface area is 407 Å². The Morgan fingerprint density at radius 1 is 0.899 bits per heavy atom. The van der Waals surface area contributed by atoms with E-state index in [9.17, 15) is 29.2 Å². The molecule has 2 heterocycles. The van der Waals surface area contributed by atoms with E-state index in [1.807, 2.05) is 37.3 Å². The summed E-state index contributed by atoms with van der Waals surface area (Å²) in [5.41, 5.74) is 16.3. The number of aryl methyl sites for hydroxylation is 2. The molecule has 69 heavy (non-hydrogen) atoms. The van der Waals surface area contributed by atoms with Gasteiger partial charge in [-0.3, -0.25) is 28.8 Å². The number of Topliss-reactive ketones (excluding diaryl/α,β-unsaturated/α-hetero) is 3. The fourth-order valence-electron chi connectivity index (χ4n) is 9.00. The number of fused-ring (bicyclic) bond motifs is 5. The van der Waals surface area contributed by atoms with Crippen LogP contribution in [-0.4, -0.2) is 98.6 Å². The number of ether oxygens (including phenoxy) is 3. The number of benzene rings is 3. The Balaban J connectivity index is 1.55. The number of nitriles is 1. The molecule has 0 spiro atoms. The van der Waals surface area contributed by atoms with Crippen molar-refractivity contribution in [2.75, 3.05) is 46.6 Å². The van der Waals surface area contributed by atoms with Crippen molar-refractivity contribution in [3.63, 3.8) is 0 Å². The Morgan fingerprint density at radius 3 is 2.23 bits per heavy atom. The standard InChI is InChI=1S/C54H72N6O9/c1-5-6-7-8-9-10-12-37-14-18-42(35(2)27-37)47(62)32-40(17-21-51(64)58-41-33-67-34-41)54(66)60(4)52-39-16-20-50(69-26-24-57)44(31-39)43-29-38(15-19-49(43)68-25-23-56)30-45(46(61)13-11-22-55)59-53(65)36(3)28-48(52)63/h14-16,18-20,27,29,31,36,40-41,45,52H,5-13,17,21,23-26,28,30,32-34,56-57H2,1-4H3,(H,58,64)(H,59,65)/t36-,40-,45+,52+/m1/s1. The molecule has 3 aromatic rings. The van der Waals surface area contributed by atoms with Crippen molar-refractivity contribution < 1.29 is 43.0 Å². The molecule has 2 aliphatic heterocycles. The molecule has 372 valence electrons. The van der Waals surface area contributed by atoms with Gasteiger partial charge in [0.1, 0.15) is 30.8 Å². The highest BCUT2D eigenvalue weighted by atomic mass is 16.5. The van der Waals surface area contributed by atoms with Gasteiger partial charge in [0.2, 0.25) is 17.7 Å². The minimum Gasteiger partial charge on any atom is -0.492 e. The summed E-state index contributed by atoms with van der Waals surface area (Å²) in [5.74, 6) is -3.52. The zero-order chi connectivity index (χ0) is 49.9. The Bertz CT molecular complexity index is 2310. The molecule has 5 rings (SSSR count). The SMILES string of the molecule is CCCCCCCCc1ccc(C(=O)C[C@@H](CCC(=O)NC2COC2)C(=O)N(C)[C@@H]2C(=O)C[C@@H](C)C(=O)N[C@H](C(=O)CCC#N)Cc3ccc(OCCN)c(c3)-c3cc2ccc3OCCN)c(C)c1. The molecule has 4 atom stereocenters. The maximum atomic E-state index is 15.1. The van der Waals surface area contributed by atoms with Crippen LogP contribution in [0.3, 0.4) is 0 Å². The fourth-order valence-corrected chi connectivity index (χ4v) is 9.00. The van der Waals surface area contributed by atoms with Crippen molar-refractivity contribution in [3.05, 3.63) is 82.4 Å². The summed E-state index contributed by atoms with van der Waals surface area (Å²) in [6.45, 7) is 7.21. The number of amides is 3. The zero-order valence-electron chi connectivity index (χ0n) is 40.9. The number of unbranched alkanes of at least 4 members (excludes halogenated alkanes) is 5. The lowest BCUT2D eigenvalue weighted by Gasteiger charge is -2.32. The molecular formula is C54H72N6O9. The van der Waals surface area contributed by atoms with Crippen molar-refractivity contribution in [2.45, 2.75) is 129 Å². The highest BCUT2D eigenvalue weighted by Crippen LogP contribution is 2.41. The van der Waals surface area contributed by atoms with Crippen molar-refractivity contribution in [1.29, 1.82) is 5.26 Å². The van der Waals surface area contributed by atoms with Crippen molar-refractivity contribution >= 4 is 35.1 Å². The van der Waals surface area contributed by atoms with Gasteiger partial charge in [0, 0.05) is 80.8 Å². The number of carbonyl (C=O) groups is 6. The maximum absolute atomic E-state index is 15.1. The predicted octanol–water partition coefficient (Wildman–Crippen LogP) is 6.43. The third kappa shape index (κ3) is 15.5. The van der Waals surface area contributed by atoms with Crippen LogP contribution in [0.15, 0.2) is 54.6 Å². The van der Waals surface area contributed by atoms with Gasteiger partial charge in [-0.15, -0.1) is 0 Å². The van der Waals surface area contributed by atoms with E-state index in [1.165, 1.54) is 37.6 Å². The highest BCUT2D eigenvalue weighted by molar-refractivity contribution is 6.01. The fraction of sp³-hybridized carbons (Fsp3) is 0.537. The van der Waals surface area contributed by atoms with E-state index in [4.69, 9.17) is 25.7 Å². The maximum Gasteiger partial charge on any atom is 0.226 e. The van der Waals surface area contributed by atoms with Crippen molar-refractivity contribution in [3.8, 4) is 28.7 Å². The lowest BCUT2D eigenvalue weighted by atomic mass is 9.87. The predicted molar refractivity (Wildman–Crippen MR) is 263 cm³/mol. The van der Waals surface area contributed by atoms with Crippen LogP contribution >= 0.6 is 0 Å². The first kappa shape index (κ1) is 54.0. The second-order valence-corrected chi connectivity index (χ2v) is 18.5. The monoisotopic (exact) mass is 949 g/mol. The molecular weight excluding hydrogens is 877 g/mol. The molecule has 1 fully saturated rings. The van der Waals surface area contributed by atoms with Crippen LogP contribution in [0.2, 0.25) is 0 Å². The van der Waals surface area contributed by atoms with E-state index in [1.54, 1.807) is 37.3 Å². The largest absolute Gasteiger partial charge is 0.492 e. The third-order valence-electron chi connectivity index (χ3n) is 12.9. The molecule has 0 aromatic heterocycles. The number of likely N-dealkylation sites (N-methyl/N-ethyl adjacent to an activating group) is 1. The molecule has 0 saturated carbocycles. The summed E-state index contributed by atoms with van der Waals surface area (Å²) in [5, 5.41) is 15.1. The van der Waals surface area contributed by atoms with Gasteiger partial charge in [0.25, 0.3) is 0 Å². The number of carbonyl (C=O) groups excluding carboxylic acids is 6. The van der Waals surface area contributed by atoms with Gasteiger partial charge in [0.05, 0.1) is 31.4 Å². The summed E-state index contributed by atoms with van der Waals surface area (Å²) in [6.07, 6.45) is 7.38. The van der Waals surface area contributed by atoms with Gasteiger partial charge in [-0.05, 0) is 79.1 Å². The zero-order valence-corrected chi connectivity index (χ0v) is 40.9. The van der Waals surface area contributed by atoms with E-state index >= 15 is 4.79 Å². The van der Waals surface area contributed by atoms with Crippen LogP contribution in [0.1, 0.15) is 130 Å². The minimum absolute atomic E-state index is 0.0240. The van der Waals surface area contributed by atoms with E-state index in [0.29, 0.717) is 52.5 Å². The summed E-state index contributed by atoms with van der Waals surface area (Å²) in [7, 11) is 1.50. The molecule has 6 N–H and O–H groups in total. The van der Waals surface area contributed by atoms with Crippen LogP contribution in [0.5, 0.6) is 11.5 Å². The van der Waals surface area contributed by atoms with Gasteiger partial charge >= 0.3 is 0 Å². The third-order valence-corrected chi connectivity index (χ3v) is 12.9. The van der Waals surface area contributed by atoms with Crippen LogP contribution in [0.25, 0.3) is 11.1 Å². The molecule has 0 unspecified atom stereocenters. The van der Waals surface area contributed by atoms with Gasteiger partial charge in [-0.2, -0.15) is 5.26 Å². The van der Waals surface area contributed by atoms with Gasteiger partial charge < -0.3 is 41.2 Å². The molecule has 0 aliphatic carbocycles. The first-order valence-electron chi connectivity index (χ1n) is 24.7. The van der Waals surface area contributed by atoms with Gasteiger partial charge in [-0.1, -0.05) is 76.3 Å². The Morgan fingerprint density at radius 2 is 1.58 bits per heavy atom. The molecule has 15 nitrogen and oxygen atoms in total. The van der Waals surface area contributed by atoms with E-state index < -0.39 is 41.5 Å². The van der Waals surface area contributed by atoms with Crippen LogP contribution in [0, 0.1) is 30.1 Å². The number of hydrogen-bond donors (Lipinski definition) is 4. The molecule has 2 aliphatic rings. The number of rotatable bonds is 25. The topological polar surface area (TPSA) is 233 Å². The molecule has 0 radical (unpaired) electrons. The van der Waals surface area contributed by atoms with Gasteiger partial charge in [-0.25, -0.2) is 0 Å². The van der Waals surface area contributed by atoms with Crippen LogP contribution < -0.4 is 31.6 Å². The normalized spacial score (nSPS) is 17.6. The lowest BCUT2D eigenvalue weighted by Crippen LogP contribution is -2.48. The van der Waals surface area contributed by atoms with E-state index in [-0.39, 0.29) is 94.8 Å². The van der Waals surface area contributed by atoms with Crippen molar-refractivity contribution in [2.24, 2.45) is 23.3 Å². The number of hydrogen-bond acceptors (Lipinski definition) is 12. The van der Waals surface area contributed by atoms with Crippen molar-refractivity contribution in [1.82, 2.24) is 15.5 Å². The quantitative estimate of drug-likeness (QED) is 0.0532. The Hall–Kier alpha value is -5.95. The average Bonchev–Trinajstić information content (AvgIpc) is 3.32. The van der Waals surface area contributed by atoms with E-state index in [0.717, 1.165) is 30.4 Å². The summed E-state index contributed by atoms with van der Waals surface area (Å²) < 4.78 is 17.5. The molecule has 1 saturated heterocycles. The highest BCUT2D eigenvalue weighted by Gasteiger charge is 2.37. The molecule has 3 aromatic carbocycles. The first-order chi connectivity index (χ1) is 33.3. The minimum atomic E-state index is -1.27. The average molecular weight is 949 g/mol. The van der Waals surface area contributed by atoms with Crippen LogP contribution in [-0.2, 0) is 41.6 Å². The second-order valence-electron chi connectivity index (χ2n) is 18.5. The number of nitrogens with zero attached hydrogens (tertiary/aromatic N) is 2. The molecule has 3 amide bonds. The molecule has 4 bridgehead atoms. The molecule has 15 heteroatoms. The number of ketones is 3. The number of nitrogens with two attached hydrogens (primary N) is 2. The van der Waals surface area contributed by atoms with Gasteiger partial charge in [0.15, 0.2) is 17.3 Å². The summed E-state index contributed by atoms with van der Waals surface area (Å²) in [4.78, 5) is 86.3. The lowest BCUT2D eigenvalue weighted by molar-refractivity contribution is -0.142. The first-order valence-corrected chi connectivity index (χ1v) is 24.7. The number of nitrogens with one attached hydrogen (secondary N) is 2.